The van der Waals surface area contributed by atoms with E-state index in [1.54, 1.807) is 0 Å². The van der Waals surface area contributed by atoms with Gasteiger partial charge in [0.25, 0.3) is 0 Å². The van der Waals surface area contributed by atoms with Gasteiger partial charge >= 0.3 is 0 Å². The largest absolute Gasteiger partial charge is 0.310 e. The lowest BCUT2D eigenvalue weighted by Gasteiger charge is -2.17. The van der Waals surface area contributed by atoms with E-state index in [2.05, 4.69) is 55.6 Å². The molecule has 0 bridgehead atoms. The summed E-state index contributed by atoms with van der Waals surface area (Å²) in [5.74, 6) is 0. The van der Waals surface area contributed by atoms with E-state index in [0.29, 0.717) is 6.04 Å². The fraction of sp³-hybridized carbons (Fsp3) is 0.333. The van der Waals surface area contributed by atoms with E-state index in [1.165, 1.54) is 16.7 Å². The van der Waals surface area contributed by atoms with Crippen molar-refractivity contribution in [2.45, 2.75) is 32.7 Å². The standard InChI is InChI=1S/C18H22ClN/c1-3-18(16-7-9-17(19)10-8-16)20-12-11-15-6-4-5-14(2)13-15/h4-10,13,18,20H,3,11-12H2,1-2H3. The molecule has 0 radical (unpaired) electrons. The van der Waals surface area contributed by atoms with Crippen LogP contribution in [0.1, 0.15) is 36.1 Å². The van der Waals surface area contributed by atoms with Gasteiger partial charge in [-0.2, -0.15) is 0 Å². The third-order valence-electron chi connectivity index (χ3n) is 3.57. The van der Waals surface area contributed by atoms with Crippen LogP contribution in [-0.4, -0.2) is 6.54 Å². The number of rotatable bonds is 6. The first kappa shape index (κ1) is 15.1. The molecule has 0 amide bonds. The molecule has 0 saturated heterocycles. The molecule has 1 nitrogen and oxygen atoms in total. The third-order valence-corrected chi connectivity index (χ3v) is 3.82. The van der Waals surface area contributed by atoms with Crippen molar-refractivity contribution in [3.63, 3.8) is 0 Å². The smallest absolute Gasteiger partial charge is 0.0406 e. The molecule has 0 heterocycles. The average molecular weight is 288 g/mol. The van der Waals surface area contributed by atoms with E-state index in [1.807, 2.05) is 12.1 Å². The SMILES string of the molecule is CCC(NCCc1cccc(C)c1)c1ccc(Cl)cc1. The van der Waals surface area contributed by atoms with Crippen molar-refractivity contribution in [2.75, 3.05) is 6.54 Å². The van der Waals surface area contributed by atoms with Gasteiger partial charge in [-0.25, -0.2) is 0 Å². The van der Waals surface area contributed by atoms with Crippen LogP contribution in [0, 0.1) is 6.92 Å². The average Bonchev–Trinajstić information content (AvgIpc) is 2.45. The zero-order chi connectivity index (χ0) is 14.4. The number of halogens is 1. The molecule has 1 N–H and O–H groups in total. The van der Waals surface area contributed by atoms with Crippen molar-refractivity contribution in [2.24, 2.45) is 0 Å². The van der Waals surface area contributed by atoms with Crippen molar-refractivity contribution in [1.29, 1.82) is 0 Å². The van der Waals surface area contributed by atoms with Gasteiger partial charge in [0.1, 0.15) is 0 Å². The first-order chi connectivity index (χ1) is 9.69. The second kappa shape index (κ2) is 7.47. The lowest BCUT2D eigenvalue weighted by molar-refractivity contribution is 0.522. The van der Waals surface area contributed by atoms with Gasteiger partial charge < -0.3 is 5.32 Å². The summed E-state index contributed by atoms with van der Waals surface area (Å²) in [6, 6.07) is 17.2. The van der Waals surface area contributed by atoms with Gasteiger partial charge in [-0.1, -0.05) is 60.5 Å². The fourth-order valence-corrected chi connectivity index (χ4v) is 2.58. The van der Waals surface area contributed by atoms with Crippen molar-refractivity contribution < 1.29 is 0 Å². The van der Waals surface area contributed by atoms with Crippen LogP contribution in [0.2, 0.25) is 5.02 Å². The summed E-state index contributed by atoms with van der Waals surface area (Å²) in [6.45, 7) is 5.34. The van der Waals surface area contributed by atoms with Crippen LogP contribution >= 0.6 is 11.6 Å². The predicted octanol–water partition coefficient (Wildman–Crippen LogP) is 4.93. The molecule has 0 aliphatic carbocycles. The Morgan fingerprint density at radius 1 is 1.10 bits per heavy atom. The van der Waals surface area contributed by atoms with E-state index >= 15 is 0 Å². The normalized spacial score (nSPS) is 12.3. The monoisotopic (exact) mass is 287 g/mol. The maximum atomic E-state index is 5.94. The molecule has 0 saturated carbocycles. The van der Waals surface area contributed by atoms with E-state index in [4.69, 9.17) is 11.6 Å². The second-order valence-electron chi connectivity index (χ2n) is 5.21. The van der Waals surface area contributed by atoms with Gasteiger partial charge in [0.15, 0.2) is 0 Å². The molecular weight excluding hydrogens is 266 g/mol. The molecule has 2 rings (SSSR count). The zero-order valence-electron chi connectivity index (χ0n) is 12.2. The van der Waals surface area contributed by atoms with Gasteiger partial charge in [0, 0.05) is 11.1 Å². The van der Waals surface area contributed by atoms with Crippen LogP contribution in [-0.2, 0) is 6.42 Å². The number of benzene rings is 2. The van der Waals surface area contributed by atoms with Crippen LogP contribution in [0.4, 0.5) is 0 Å². The van der Waals surface area contributed by atoms with E-state index in [0.717, 1.165) is 24.4 Å². The Hall–Kier alpha value is -1.31. The van der Waals surface area contributed by atoms with Gasteiger partial charge in [-0.05, 0) is 49.6 Å². The van der Waals surface area contributed by atoms with Crippen molar-refractivity contribution in [3.05, 3.63) is 70.2 Å². The highest BCUT2D eigenvalue weighted by Crippen LogP contribution is 2.19. The Kier molecular flexibility index (Phi) is 5.63. The van der Waals surface area contributed by atoms with Crippen LogP contribution in [0.3, 0.4) is 0 Å². The number of hydrogen-bond acceptors (Lipinski definition) is 1. The number of aryl methyl sites for hydroxylation is 1. The minimum atomic E-state index is 0.400. The molecule has 0 aromatic heterocycles. The molecule has 0 aliphatic heterocycles. The fourth-order valence-electron chi connectivity index (χ4n) is 2.45. The minimum Gasteiger partial charge on any atom is -0.310 e. The molecule has 2 aromatic carbocycles. The summed E-state index contributed by atoms with van der Waals surface area (Å²) in [4.78, 5) is 0. The molecule has 2 aromatic rings. The maximum absolute atomic E-state index is 5.94. The third kappa shape index (κ3) is 4.36. The van der Waals surface area contributed by atoms with E-state index in [9.17, 15) is 0 Å². The van der Waals surface area contributed by atoms with Crippen molar-refractivity contribution in [1.82, 2.24) is 5.32 Å². The van der Waals surface area contributed by atoms with Gasteiger partial charge in [0.2, 0.25) is 0 Å². The van der Waals surface area contributed by atoms with Crippen LogP contribution < -0.4 is 5.32 Å². The summed E-state index contributed by atoms with van der Waals surface area (Å²) in [6.07, 6.45) is 2.14. The van der Waals surface area contributed by atoms with Gasteiger partial charge in [-0.15, -0.1) is 0 Å². The number of hydrogen-bond donors (Lipinski definition) is 1. The first-order valence-electron chi connectivity index (χ1n) is 7.23. The molecule has 1 unspecified atom stereocenters. The van der Waals surface area contributed by atoms with E-state index in [-0.39, 0.29) is 0 Å². The van der Waals surface area contributed by atoms with Gasteiger partial charge in [-0.3, -0.25) is 0 Å². The molecular formula is C18H22ClN. The molecule has 0 fully saturated rings. The van der Waals surface area contributed by atoms with Crippen LogP contribution in [0.25, 0.3) is 0 Å². The lowest BCUT2D eigenvalue weighted by Crippen LogP contribution is -2.23. The topological polar surface area (TPSA) is 12.0 Å². The zero-order valence-corrected chi connectivity index (χ0v) is 13.0. The second-order valence-corrected chi connectivity index (χ2v) is 5.64. The molecule has 0 spiro atoms. The summed E-state index contributed by atoms with van der Waals surface area (Å²) in [5.41, 5.74) is 4.02. The van der Waals surface area contributed by atoms with Gasteiger partial charge in [0.05, 0.1) is 0 Å². The highest BCUT2D eigenvalue weighted by Gasteiger charge is 2.08. The Labute approximate surface area is 127 Å². The first-order valence-corrected chi connectivity index (χ1v) is 7.61. The summed E-state index contributed by atoms with van der Waals surface area (Å²) < 4.78 is 0. The van der Waals surface area contributed by atoms with Crippen LogP contribution in [0.15, 0.2) is 48.5 Å². The Bertz CT molecular complexity index is 533. The molecule has 20 heavy (non-hydrogen) atoms. The Morgan fingerprint density at radius 2 is 1.85 bits per heavy atom. The van der Waals surface area contributed by atoms with Crippen molar-refractivity contribution >= 4 is 11.6 Å². The highest BCUT2D eigenvalue weighted by molar-refractivity contribution is 6.30. The Morgan fingerprint density at radius 3 is 2.50 bits per heavy atom. The minimum absolute atomic E-state index is 0.400. The highest BCUT2D eigenvalue weighted by atomic mass is 35.5. The predicted molar refractivity (Wildman–Crippen MR) is 87.4 cm³/mol. The summed E-state index contributed by atoms with van der Waals surface area (Å²) >= 11 is 5.94. The van der Waals surface area contributed by atoms with Crippen LogP contribution in [0.5, 0.6) is 0 Å². The van der Waals surface area contributed by atoms with Crippen molar-refractivity contribution in [3.8, 4) is 0 Å². The molecule has 2 heteroatoms. The number of nitrogens with one attached hydrogen (secondary N) is 1. The lowest BCUT2D eigenvalue weighted by atomic mass is 10.0. The van der Waals surface area contributed by atoms with E-state index < -0.39 is 0 Å². The molecule has 1 atom stereocenters. The molecule has 0 aliphatic rings. The Balaban J connectivity index is 1.89. The maximum Gasteiger partial charge on any atom is 0.0406 e. The summed E-state index contributed by atoms with van der Waals surface area (Å²) in [5, 5.41) is 4.42. The quantitative estimate of drug-likeness (QED) is 0.794. The molecule has 106 valence electrons. The summed E-state index contributed by atoms with van der Waals surface area (Å²) in [7, 11) is 0.